The molecule has 4 heteroatoms. The molecule has 0 bridgehead atoms. The van der Waals surface area contributed by atoms with Crippen molar-refractivity contribution >= 4 is 5.78 Å². The van der Waals surface area contributed by atoms with Crippen LogP contribution in [0.25, 0.3) is 0 Å². The van der Waals surface area contributed by atoms with Gasteiger partial charge in [0.05, 0.1) is 6.54 Å². The van der Waals surface area contributed by atoms with E-state index in [1.807, 2.05) is 0 Å². The third kappa shape index (κ3) is 3.06. The summed E-state index contributed by atoms with van der Waals surface area (Å²) < 4.78 is 0. The lowest BCUT2D eigenvalue weighted by molar-refractivity contribution is -0.132. The summed E-state index contributed by atoms with van der Waals surface area (Å²) in [4.78, 5) is 13.1. The van der Waals surface area contributed by atoms with Crippen LogP contribution in [0.1, 0.15) is 12.8 Å². The molecular formula is C9H17N2O2. The van der Waals surface area contributed by atoms with Crippen LogP contribution in [0.2, 0.25) is 0 Å². The Hall–Kier alpha value is -0.450. The zero-order chi connectivity index (χ0) is 9.84. The summed E-state index contributed by atoms with van der Waals surface area (Å²) in [7, 11) is 3.60. The predicted molar refractivity (Wildman–Crippen MR) is 49.1 cm³/mol. The molecule has 4 nitrogen and oxygen atoms in total. The van der Waals surface area contributed by atoms with Crippen molar-refractivity contribution in [3.63, 3.8) is 0 Å². The fourth-order valence-corrected chi connectivity index (χ4v) is 1.60. The Morgan fingerprint density at radius 3 is 2.77 bits per heavy atom. The number of ketones is 1. The number of hydrogen-bond donors (Lipinski definition) is 1. The smallest absolute Gasteiger partial charge is 0.180 e. The lowest BCUT2D eigenvalue weighted by Crippen LogP contribution is -2.42. The van der Waals surface area contributed by atoms with Crippen LogP contribution in [0.5, 0.6) is 0 Å². The molecule has 0 amide bonds. The number of nitrogens with one attached hydrogen (secondary N) is 1. The topological polar surface area (TPSA) is 52.2 Å². The summed E-state index contributed by atoms with van der Waals surface area (Å²) in [6, 6.07) is -0.132. The van der Waals surface area contributed by atoms with Gasteiger partial charge in [0.25, 0.3) is 0 Å². The van der Waals surface area contributed by atoms with Crippen LogP contribution in [-0.2, 0) is 9.90 Å². The molecule has 75 valence electrons. The van der Waals surface area contributed by atoms with Gasteiger partial charge >= 0.3 is 0 Å². The number of carbonyl (C=O) groups is 1. The third-order valence-corrected chi connectivity index (χ3v) is 2.25. The average molecular weight is 185 g/mol. The maximum Gasteiger partial charge on any atom is 0.180 e. The van der Waals surface area contributed by atoms with E-state index in [9.17, 15) is 9.90 Å². The van der Waals surface area contributed by atoms with Crippen LogP contribution in [0.3, 0.4) is 0 Å². The SMILES string of the molecule is CN(C)CC(=O)C([O])C1CCCN1. The molecule has 1 fully saturated rings. The van der Waals surface area contributed by atoms with Gasteiger partial charge in [0.1, 0.15) is 0 Å². The van der Waals surface area contributed by atoms with Crippen molar-refractivity contribution in [3.05, 3.63) is 0 Å². The third-order valence-electron chi connectivity index (χ3n) is 2.25. The monoisotopic (exact) mass is 185 g/mol. The summed E-state index contributed by atoms with van der Waals surface area (Å²) in [5, 5.41) is 14.6. The first kappa shape index (κ1) is 10.6. The van der Waals surface area contributed by atoms with Crippen molar-refractivity contribution in [1.82, 2.24) is 10.2 Å². The van der Waals surface area contributed by atoms with Gasteiger partial charge in [-0.1, -0.05) is 0 Å². The highest BCUT2D eigenvalue weighted by Crippen LogP contribution is 2.10. The number of carbonyl (C=O) groups excluding carboxylic acids is 1. The molecule has 2 unspecified atom stereocenters. The molecule has 0 saturated carbocycles. The largest absolute Gasteiger partial charge is 0.311 e. The Kier molecular flexibility index (Phi) is 3.84. The summed E-state index contributed by atoms with van der Waals surface area (Å²) in [5.41, 5.74) is 0. The second-order valence-corrected chi connectivity index (χ2v) is 3.83. The molecule has 1 saturated heterocycles. The maximum absolute atomic E-state index is 11.5. The first-order valence-corrected chi connectivity index (χ1v) is 4.68. The molecule has 1 radical (unpaired) electrons. The quantitative estimate of drug-likeness (QED) is 0.652. The Morgan fingerprint density at radius 1 is 1.62 bits per heavy atom. The Bertz CT molecular complexity index is 176. The van der Waals surface area contributed by atoms with Crippen molar-refractivity contribution in [2.45, 2.75) is 25.0 Å². The maximum atomic E-state index is 11.5. The zero-order valence-electron chi connectivity index (χ0n) is 8.25. The van der Waals surface area contributed by atoms with E-state index < -0.39 is 6.10 Å². The van der Waals surface area contributed by atoms with Crippen LogP contribution in [0, 0.1) is 0 Å². The molecule has 2 atom stereocenters. The summed E-state index contributed by atoms with van der Waals surface area (Å²) in [6.45, 7) is 1.13. The van der Waals surface area contributed by atoms with E-state index in [0.717, 1.165) is 19.4 Å². The summed E-state index contributed by atoms with van der Waals surface area (Å²) >= 11 is 0. The molecule has 1 aliphatic heterocycles. The van der Waals surface area contributed by atoms with E-state index in [1.54, 1.807) is 19.0 Å². The van der Waals surface area contributed by atoms with Gasteiger partial charge in [-0.05, 0) is 33.5 Å². The standard InChI is InChI=1S/C9H17N2O2/c1-11(2)6-8(12)9(13)7-4-3-5-10-7/h7,9-10H,3-6H2,1-2H3. The number of Topliss-reactive ketones (excluding diaryl/α,β-unsaturated/α-hetero) is 1. The number of hydrogen-bond acceptors (Lipinski definition) is 3. The molecule has 13 heavy (non-hydrogen) atoms. The van der Waals surface area contributed by atoms with Gasteiger partial charge in [-0.2, -0.15) is 0 Å². The number of rotatable bonds is 4. The minimum absolute atomic E-state index is 0.132. The second kappa shape index (κ2) is 4.69. The lowest BCUT2D eigenvalue weighted by Gasteiger charge is -2.16. The van der Waals surface area contributed by atoms with E-state index in [-0.39, 0.29) is 18.4 Å². The van der Waals surface area contributed by atoms with Crippen LogP contribution < -0.4 is 5.32 Å². The molecule has 0 aromatic carbocycles. The minimum atomic E-state index is -1.08. The molecule has 0 spiro atoms. The van der Waals surface area contributed by atoms with Crippen molar-refractivity contribution in [3.8, 4) is 0 Å². The summed E-state index contributed by atoms with van der Waals surface area (Å²) in [6.07, 6.45) is 0.774. The molecule has 0 aliphatic carbocycles. The van der Waals surface area contributed by atoms with E-state index in [4.69, 9.17) is 0 Å². The van der Waals surface area contributed by atoms with E-state index >= 15 is 0 Å². The minimum Gasteiger partial charge on any atom is -0.311 e. The van der Waals surface area contributed by atoms with Gasteiger partial charge < -0.3 is 10.2 Å². The first-order chi connectivity index (χ1) is 6.11. The van der Waals surface area contributed by atoms with Crippen molar-refractivity contribution in [2.24, 2.45) is 0 Å². The van der Waals surface area contributed by atoms with Gasteiger partial charge in [-0.3, -0.25) is 4.79 Å². The van der Waals surface area contributed by atoms with Gasteiger partial charge in [0, 0.05) is 6.04 Å². The fraction of sp³-hybridized carbons (Fsp3) is 0.889. The first-order valence-electron chi connectivity index (χ1n) is 4.68. The number of nitrogens with zero attached hydrogens (tertiary/aromatic N) is 1. The summed E-state index contributed by atoms with van der Waals surface area (Å²) in [5.74, 6) is -0.204. The highest BCUT2D eigenvalue weighted by Gasteiger charge is 2.29. The average Bonchev–Trinajstić information content (AvgIpc) is 2.53. The molecule has 1 N–H and O–H groups in total. The molecule has 0 aromatic heterocycles. The zero-order valence-corrected chi connectivity index (χ0v) is 8.25. The van der Waals surface area contributed by atoms with Crippen LogP contribution in [0.15, 0.2) is 0 Å². The lowest BCUT2D eigenvalue weighted by atomic mass is 10.1. The second-order valence-electron chi connectivity index (χ2n) is 3.83. The molecule has 0 aromatic rings. The predicted octanol–water partition coefficient (Wildman–Crippen LogP) is -0.332. The highest BCUT2D eigenvalue weighted by molar-refractivity contribution is 5.85. The van der Waals surface area contributed by atoms with Gasteiger partial charge in [-0.15, -0.1) is 0 Å². The molecule has 1 heterocycles. The van der Waals surface area contributed by atoms with Crippen LogP contribution in [0.4, 0.5) is 0 Å². The molecule has 1 rings (SSSR count). The highest BCUT2D eigenvalue weighted by atomic mass is 16.3. The van der Waals surface area contributed by atoms with E-state index in [2.05, 4.69) is 5.32 Å². The van der Waals surface area contributed by atoms with Gasteiger partial charge in [0.2, 0.25) is 0 Å². The normalized spacial score (nSPS) is 25.1. The van der Waals surface area contributed by atoms with Crippen LogP contribution in [-0.4, -0.2) is 50.0 Å². The number of likely N-dealkylation sites (N-methyl/N-ethyl adjacent to an activating group) is 1. The molecule has 1 aliphatic rings. The Balaban J connectivity index is 2.36. The van der Waals surface area contributed by atoms with Crippen LogP contribution >= 0.6 is 0 Å². The van der Waals surface area contributed by atoms with E-state index in [0.29, 0.717) is 0 Å². The Labute approximate surface area is 78.9 Å². The van der Waals surface area contributed by atoms with Gasteiger partial charge in [0.15, 0.2) is 11.9 Å². The fourth-order valence-electron chi connectivity index (χ4n) is 1.60. The van der Waals surface area contributed by atoms with Crippen molar-refractivity contribution in [1.29, 1.82) is 0 Å². The molecular weight excluding hydrogens is 168 g/mol. The Morgan fingerprint density at radius 2 is 2.31 bits per heavy atom. The van der Waals surface area contributed by atoms with E-state index in [1.165, 1.54) is 0 Å². The van der Waals surface area contributed by atoms with Gasteiger partial charge in [-0.25, -0.2) is 5.11 Å². The van der Waals surface area contributed by atoms with Crippen molar-refractivity contribution in [2.75, 3.05) is 27.2 Å². The van der Waals surface area contributed by atoms with Crippen molar-refractivity contribution < 1.29 is 9.90 Å².